The van der Waals surface area contributed by atoms with E-state index in [1.54, 1.807) is 23.8 Å². The third-order valence-corrected chi connectivity index (χ3v) is 5.72. The first kappa shape index (κ1) is 21.1. The van der Waals surface area contributed by atoms with Gasteiger partial charge < -0.3 is 9.47 Å². The van der Waals surface area contributed by atoms with E-state index in [9.17, 15) is 14.0 Å². The average Bonchev–Trinajstić information content (AvgIpc) is 3.04. The van der Waals surface area contributed by atoms with Crippen LogP contribution in [0.2, 0.25) is 0 Å². The predicted octanol–water partition coefficient (Wildman–Crippen LogP) is 3.71. The zero-order valence-corrected chi connectivity index (χ0v) is 17.5. The summed E-state index contributed by atoms with van der Waals surface area (Å²) in [7, 11) is 2.94. The lowest BCUT2D eigenvalue weighted by atomic mass is 10.0. The molecular formula is C21H23FN2O4S. The van der Waals surface area contributed by atoms with Crippen molar-refractivity contribution >= 4 is 27.5 Å². The highest BCUT2D eigenvalue weighted by molar-refractivity contribution is 7.19. The van der Waals surface area contributed by atoms with Crippen LogP contribution in [0.5, 0.6) is 0 Å². The van der Waals surface area contributed by atoms with Gasteiger partial charge in [-0.1, -0.05) is 12.1 Å². The number of thiophene rings is 1. The Morgan fingerprint density at radius 1 is 1.24 bits per heavy atom. The number of carbonyl (C=O) groups excluding carboxylic acids is 1. The highest BCUT2D eigenvalue weighted by Crippen LogP contribution is 2.35. The first-order valence-electron chi connectivity index (χ1n) is 9.30. The molecule has 0 amide bonds. The molecule has 0 radical (unpaired) electrons. The Kier molecular flexibility index (Phi) is 6.76. The van der Waals surface area contributed by atoms with E-state index in [1.165, 1.54) is 30.6 Å². The zero-order chi connectivity index (χ0) is 21.0. The maximum atomic E-state index is 13.4. The summed E-state index contributed by atoms with van der Waals surface area (Å²) in [5.41, 5.74) is 1.40. The maximum Gasteiger partial charge on any atom is 0.305 e. The number of ether oxygens (including phenoxy) is 2. The van der Waals surface area contributed by atoms with Gasteiger partial charge in [0.25, 0.3) is 5.56 Å². The Bertz CT molecular complexity index is 1070. The van der Waals surface area contributed by atoms with Crippen molar-refractivity contribution in [3.8, 4) is 11.1 Å². The molecule has 2 aromatic heterocycles. The molecule has 2 heterocycles. The fourth-order valence-electron chi connectivity index (χ4n) is 3.30. The Labute approximate surface area is 171 Å². The molecule has 0 N–H and O–H groups in total. The van der Waals surface area contributed by atoms with Crippen LogP contribution in [0.1, 0.15) is 23.5 Å². The molecule has 154 valence electrons. The van der Waals surface area contributed by atoms with Crippen molar-refractivity contribution in [1.29, 1.82) is 0 Å². The predicted molar refractivity (Wildman–Crippen MR) is 111 cm³/mol. The fourth-order valence-corrected chi connectivity index (χ4v) is 4.35. The van der Waals surface area contributed by atoms with Gasteiger partial charge in [0, 0.05) is 36.9 Å². The number of aromatic nitrogens is 2. The topological polar surface area (TPSA) is 70.4 Å². The summed E-state index contributed by atoms with van der Waals surface area (Å²) in [5.74, 6) is -0.0174. The van der Waals surface area contributed by atoms with Crippen LogP contribution < -0.4 is 5.56 Å². The second-order valence-electron chi connectivity index (χ2n) is 6.63. The van der Waals surface area contributed by atoms with Crippen molar-refractivity contribution < 1.29 is 18.7 Å². The molecule has 6 nitrogen and oxygen atoms in total. The van der Waals surface area contributed by atoms with E-state index in [0.29, 0.717) is 42.0 Å². The summed E-state index contributed by atoms with van der Waals surface area (Å²) < 4.78 is 24.8. The first-order chi connectivity index (χ1) is 14.0. The normalized spacial score (nSPS) is 11.2. The minimum atomic E-state index is -0.328. The highest BCUT2D eigenvalue weighted by atomic mass is 32.1. The largest absolute Gasteiger partial charge is 0.469 e. The third kappa shape index (κ3) is 4.54. The van der Waals surface area contributed by atoms with E-state index >= 15 is 0 Å². The molecule has 3 rings (SSSR count). The smallest absolute Gasteiger partial charge is 0.305 e. The van der Waals surface area contributed by atoms with Crippen LogP contribution in [0, 0.1) is 12.7 Å². The van der Waals surface area contributed by atoms with Gasteiger partial charge in [-0.15, -0.1) is 11.3 Å². The van der Waals surface area contributed by atoms with Gasteiger partial charge in [-0.25, -0.2) is 9.37 Å². The van der Waals surface area contributed by atoms with Gasteiger partial charge in [0.05, 0.1) is 19.1 Å². The maximum absolute atomic E-state index is 13.4. The summed E-state index contributed by atoms with van der Waals surface area (Å²) >= 11 is 1.45. The van der Waals surface area contributed by atoms with Crippen molar-refractivity contribution in [1.82, 2.24) is 9.55 Å². The van der Waals surface area contributed by atoms with Gasteiger partial charge in [-0.2, -0.15) is 0 Å². The number of benzene rings is 1. The molecule has 0 saturated carbocycles. The van der Waals surface area contributed by atoms with Crippen molar-refractivity contribution in [3.05, 3.63) is 51.1 Å². The van der Waals surface area contributed by atoms with Crippen LogP contribution in [0.3, 0.4) is 0 Å². The number of rotatable bonds is 8. The molecule has 0 aliphatic carbocycles. The lowest BCUT2D eigenvalue weighted by molar-refractivity contribution is -0.140. The summed E-state index contributed by atoms with van der Waals surface area (Å²) in [5, 5.41) is 0.526. The summed E-state index contributed by atoms with van der Waals surface area (Å²) in [4.78, 5) is 31.2. The van der Waals surface area contributed by atoms with E-state index in [4.69, 9.17) is 9.72 Å². The van der Waals surface area contributed by atoms with Crippen LogP contribution in [-0.4, -0.2) is 36.3 Å². The van der Waals surface area contributed by atoms with E-state index in [1.807, 2.05) is 6.92 Å². The zero-order valence-electron chi connectivity index (χ0n) is 16.7. The molecular weight excluding hydrogens is 395 g/mol. The van der Waals surface area contributed by atoms with Crippen LogP contribution in [-0.2, 0) is 27.2 Å². The molecule has 0 saturated heterocycles. The number of hydrogen-bond donors (Lipinski definition) is 0. The monoisotopic (exact) mass is 418 g/mol. The molecule has 29 heavy (non-hydrogen) atoms. The minimum Gasteiger partial charge on any atom is -0.469 e. The molecule has 0 aliphatic heterocycles. The molecule has 0 fully saturated rings. The van der Waals surface area contributed by atoms with Crippen molar-refractivity contribution in [2.75, 3.05) is 20.8 Å². The molecule has 8 heteroatoms. The molecule has 0 atom stereocenters. The van der Waals surface area contributed by atoms with Gasteiger partial charge in [-0.3, -0.25) is 14.2 Å². The Hall–Kier alpha value is -2.58. The Balaban J connectivity index is 2.12. The number of fused-ring (bicyclic) bond motifs is 1. The molecule has 0 unspecified atom stereocenters. The number of aryl methyl sites for hydroxylation is 1. The quantitative estimate of drug-likeness (QED) is 0.522. The SMILES string of the molecule is COCCc1nc2sc(C)c(-c3ccc(F)cc3)c2c(=O)n1CCCC(=O)OC. The third-order valence-electron chi connectivity index (χ3n) is 4.72. The van der Waals surface area contributed by atoms with Crippen molar-refractivity contribution in [2.24, 2.45) is 0 Å². The average molecular weight is 418 g/mol. The van der Waals surface area contributed by atoms with E-state index in [0.717, 1.165) is 16.0 Å². The molecule has 3 aromatic rings. The molecule has 0 aliphatic rings. The van der Waals surface area contributed by atoms with E-state index in [2.05, 4.69) is 4.74 Å². The van der Waals surface area contributed by atoms with Gasteiger partial charge >= 0.3 is 5.97 Å². The second kappa shape index (κ2) is 9.28. The van der Waals surface area contributed by atoms with Crippen LogP contribution in [0.15, 0.2) is 29.1 Å². The van der Waals surface area contributed by atoms with Gasteiger partial charge in [0.15, 0.2) is 0 Å². The highest BCUT2D eigenvalue weighted by Gasteiger charge is 2.20. The summed E-state index contributed by atoms with van der Waals surface area (Å²) in [6.45, 7) is 2.72. The van der Waals surface area contributed by atoms with Crippen LogP contribution >= 0.6 is 11.3 Å². The van der Waals surface area contributed by atoms with Crippen molar-refractivity contribution in [2.45, 2.75) is 32.7 Å². The van der Waals surface area contributed by atoms with E-state index < -0.39 is 0 Å². The molecule has 0 bridgehead atoms. The van der Waals surface area contributed by atoms with Crippen LogP contribution in [0.25, 0.3) is 21.3 Å². The fraction of sp³-hybridized carbons (Fsp3) is 0.381. The van der Waals surface area contributed by atoms with E-state index in [-0.39, 0.29) is 23.8 Å². The van der Waals surface area contributed by atoms with Crippen molar-refractivity contribution in [3.63, 3.8) is 0 Å². The lowest BCUT2D eigenvalue weighted by Gasteiger charge is -2.12. The van der Waals surface area contributed by atoms with Gasteiger partial charge in [0.2, 0.25) is 0 Å². The number of halogens is 1. The molecule has 0 spiro atoms. The summed E-state index contributed by atoms with van der Waals surface area (Å²) in [6, 6.07) is 6.11. The van der Waals surface area contributed by atoms with Crippen LogP contribution in [0.4, 0.5) is 4.39 Å². The number of esters is 1. The second-order valence-corrected chi connectivity index (χ2v) is 7.83. The Morgan fingerprint density at radius 2 is 1.97 bits per heavy atom. The Morgan fingerprint density at radius 3 is 2.62 bits per heavy atom. The molecule has 1 aromatic carbocycles. The summed E-state index contributed by atoms with van der Waals surface area (Å²) in [6.07, 6.45) is 1.18. The standard InChI is InChI=1S/C21H23FN2O4S/c1-13-18(14-6-8-15(22)9-7-14)19-20(29-13)23-16(10-12-27-2)24(21(19)26)11-4-5-17(25)28-3/h6-9H,4-5,10-12H2,1-3H3. The van der Waals surface area contributed by atoms with Gasteiger partial charge in [-0.05, 0) is 31.0 Å². The number of methoxy groups -OCH3 is 2. The first-order valence-corrected chi connectivity index (χ1v) is 10.1. The number of carbonyl (C=O) groups is 1. The lowest BCUT2D eigenvalue weighted by Crippen LogP contribution is -2.26. The number of hydrogen-bond acceptors (Lipinski definition) is 6. The number of nitrogens with zero attached hydrogens (tertiary/aromatic N) is 2. The minimum absolute atomic E-state index is 0.158. The van der Waals surface area contributed by atoms with Gasteiger partial charge in [0.1, 0.15) is 16.5 Å².